The smallest absolute Gasteiger partial charge is 0.322 e. The van der Waals surface area contributed by atoms with Crippen molar-refractivity contribution in [2.75, 3.05) is 0 Å². The fourth-order valence-electron chi connectivity index (χ4n) is 3.33. The first-order valence-electron chi connectivity index (χ1n) is 9.59. The highest BCUT2D eigenvalue weighted by atomic mass is 32.2. The Morgan fingerprint density at radius 2 is 1.60 bits per heavy atom. The molecule has 6 nitrogen and oxygen atoms in total. The van der Waals surface area contributed by atoms with Crippen molar-refractivity contribution in [3.05, 3.63) is 84.7 Å². The van der Waals surface area contributed by atoms with Crippen LogP contribution in [0.5, 0.6) is 0 Å². The lowest BCUT2D eigenvalue weighted by atomic mass is 10.0. The zero-order chi connectivity index (χ0) is 21.7. The first-order chi connectivity index (χ1) is 14.3. The summed E-state index contributed by atoms with van der Waals surface area (Å²) in [5.74, 6) is -1.60. The SMILES string of the molecule is CC(C)[C@H](C(=O)O)N(Cc1cccnc1)S(=O)(=O)c1ccc(-c2ccccc2)cc1. The molecule has 0 bridgehead atoms. The van der Waals surface area contributed by atoms with Crippen molar-refractivity contribution in [1.29, 1.82) is 0 Å². The maximum Gasteiger partial charge on any atom is 0.322 e. The van der Waals surface area contributed by atoms with E-state index in [4.69, 9.17) is 0 Å². The molecule has 0 unspecified atom stereocenters. The molecule has 0 aliphatic carbocycles. The third-order valence-corrected chi connectivity index (χ3v) is 6.67. The fraction of sp³-hybridized carbons (Fsp3) is 0.217. The van der Waals surface area contributed by atoms with Gasteiger partial charge in [-0.1, -0.05) is 62.4 Å². The maximum atomic E-state index is 13.5. The lowest BCUT2D eigenvalue weighted by molar-refractivity contribution is -0.143. The van der Waals surface area contributed by atoms with Crippen molar-refractivity contribution in [3.63, 3.8) is 0 Å². The second-order valence-electron chi connectivity index (χ2n) is 7.33. The van der Waals surface area contributed by atoms with Crippen molar-refractivity contribution in [3.8, 4) is 11.1 Å². The highest BCUT2D eigenvalue weighted by Crippen LogP contribution is 2.27. The van der Waals surface area contributed by atoms with Gasteiger partial charge in [0.25, 0.3) is 0 Å². The number of hydrogen-bond donors (Lipinski definition) is 1. The topological polar surface area (TPSA) is 87.6 Å². The van der Waals surface area contributed by atoms with Crippen LogP contribution in [0.2, 0.25) is 0 Å². The molecule has 1 N–H and O–H groups in total. The summed E-state index contributed by atoms with van der Waals surface area (Å²) < 4.78 is 28.0. The number of hydrogen-bond acceptors (Lipinski definition) is 4. The van der Waals surface area contributed by atoms with Crippen LogP contribution in [0.25, 0.3) is 11.1 Å². The van der Waals surface area contributed by atoms with E-state index in [1.165, 1.54) is 12.1 Å². The number of benzene rings is 2. The monoisotopic (exact) mass is 424 g/mol. The van der Waals surface area contributed by atoms with Gasteiger partial charge in [-0.15, -0.1) is 0 Å². The number of carbonyl (C=O) groups is 1. The summed E-state index contributed by atoms with van der Waals surface area (Å²) in [5, 5.41) is 9.77. The van der Waals surface area contributed by atoms with Crippen molar-refractivity contribution >= 4 is 16.0 Å². The van der Waals surface area contributed by atoms with Crippen LogP contribution in [0.1, 0.15) is 19.4 Å². The average molecular weight is 425 g/mol. The molecule has 2 aromatic carbocycles. The summed E-state index contributed by atoms with van der Waals surface area (Å²) >= 11 is 0. The number of carboxylic acid groups (broad SMARTS) is 1. The summed E-state index contributed by atoms with van der Waals surface area (Å²) in [7, 11) is -4.06. The van der Waals surface area contributed by atoms with Gasteiger partial charge in [-0.05, 0) is 40.8 Å². The van der Waals surface area contributed by atoms with Gasteiger partial charge in [-0.3, -0.25) is 9.78 Å². The first-order valence-corrected chi connectivity index (χ1v) is 11.0. The third-order valence-electron chi connectivity index (χ3n) is 4.82. The van der Waals surface area contributed by atoms with E-state index in [-0.39, 0.29) is 11.4 Å². The van der Waals surface area contributed by atoms with Gasteiger partial charge in [0.2, 0.25) is 10.0 Å². The number of carboxylic acids is 1. The predicted molar refractivity (Wildman–Crippen MR) is 115 cm³/mol. The van der Waals surface area contributed by atoms with Gasteiger partial charge in [0.15, 0.2) is 0 Å². The molecule has 7 heteroatoms. The summed E-state index contributed by atoms with van der Waals surface area (Å²) in [6.07, 6.45) is 3.13. The first kappa shape index (κ1) is 21.7. The normalized spacial score (nSPS) is 12.8. The summed E-state index contributed by atoms with van der Waals surface area (Å²) in [5.41, 5.74) is 2.47. The minimum atomic E-state index is -4.06. The molecule has 0 amide bonds. The lowest BCUT2D eigenvalue weighted by Gasteiger charge is -2.30. The van der Waals surface area contributed by atoms with Crippen LogP contribution in [0, 0.1) is 5.92 Å². The van der Waals surface area contributed by atoms with E-state index >= 15 is 0 Å². The lowest BCUT2D eigenvalue weighted by Crippen LogP contribution is -2.47. The Morgan fingerprint density at radius 3 is 2.13 bits per heavy atom. The standard InChI is InChI=1S/C23H24N2O4S/c1-17(2)22(23(26)27)25(16-18-7-6-14-24-15-18)30(28,29)21-12-10-20(11-13-21)19-8-4-3-5-9-19/h3-15,17,22H,16H2,1-2H3,(H,26,27)/t22-/m1/s1. The molecule has 0 aliphatic rings. The van der Waals surface area contributed by atoms with E-state index in [9.17, 15) is 18.3 Å². The molecule has 1 heterocycles. The number of pyridine rings is 1. The molecule has 0 spiro atoms. The van der Waals surface area contributed by atoms with E-state index in [0.29, 0.717) is 5.56 Å². The molecule has 156 valence electrons. The van der Waals surface area contributed by atoms with Crippen molar-refractivity contribution in [2.45, 2.75) is 31.3 Å². The van der Waals surface area contributed by atoms with Gasteiger partial charge >= 0.3 is 5.97 Å². The minimum Gasteiger partial charge on any atom is -0.480 e. The van der Waals surface area contributed by atoms with Gasteiger partial charge in [-0.25, -0.2) is 8.42 Å². The molecule has 0 saturated carbocycles. The molecule has 0 saturated heterocycles. The molecule has 0 radical (unpaired) electrons. The molecular formula is C23H24N2O4S. The van der Waals surface area contributed by atoms with E-state index in [0.717, 1.165) is 15.4 Å². The quantitative estimate of drug-likeness (QED) is 0.589. The summed E-state index contributed by atoms with van der Waals surface area (Å²) in [6.45, 7) is 3.32. The molecule has 1 atom stereocenters. The highest BCUT2D eigenvalue weighted by Gasteiger charge is 2.38. The van der Waals surface area contributed by atoms with Crippen LogP contribution >= 0.6 is 0 Å². The van der Waals surface area contributed by atoms with Crippen LogP contribution in [0.4, 0.5) is 0 Å². The van der Waals surface area contributed by atoms with Crippen LogP contribution in [0.3, 0.4) is 0 Å². The van der Waals surface area contributed by atoms with Crippen molar-refractivity contribution < 1.29 is 18.3 Å². The van der Waals surface area contributed by atoms with Crippen molar-refractivity contribution in [2.24, 2.45) is 5.92 Å². The van der Waals surface area contributed by atoms with Gasteiger partial charge < -0.3 is 5.11 Å². The Labute approximate surface area is 176 Å². The zero-order valence-electron chi connectivity index (χ0n) is 16.8. The number of aromatic nitrogens is 1. The maximum absolute atomic E-state index is 13.5. The Morgan fingerprint density at radius 1 is 0.967 bits per heavy atom. The van der Waals surface area contributed by atoms with Gasteiger partial charge in [0.05, 0.1) is 4.90 Å². The van der Waals surface area contributed by atoms with Gasteiger partial charge in [-0.2, -0.15) is 4.31 Å². The van der Waals surface area contributed by atoms with Crippen LogP contribution in [-0.4, -0.2) is 34.8 Å². The average Bonchev–Trinajstić information content (AvgIpc) is 2.74. The molecule has 0 fully saturated rings. The molecule has 30 heavy (non-hydrogen) atoms. The largest absolute Gasteiger partial charge is 0.480 e. The number of sulfonamides is 1. The van der Waals surface area contributed by atoms with E-state index < -0.39 is 28.0 Å². The van der Waals surface area contributed by atoms with Crippen molar-refractivity contribution in [1.82, 2.24) is 9.29 Å². The highest BCUT2D eigenvalue weighted by molar-refractivity contribution is 7.89. The minimum absolute atomic E-state index is 0.0537. The van der Waals surface area contributed by atoms with E-state index in [1.807, 2.05) is 30.3 Å². The molecular weight excluding hydrogens is 400 g/mol. The number of aliphatic carboxylic acids is 1. The van der Waals surface area contributed by atoms with Gasteiger partial charge in [0.1, 0.15) is 6.04 Å². The summed E-state index contributed by atoms with van der Waals surface area (Å²) in [6, 6.07) is 18.3. The van der Waals surface area contributed by atoms with Crippen LogP contribution < -0.4 is 0 Å². The Balaban J connectivity index is 2.01. The number of rotatable bonds is 8. The Kier molecular flexibility index (Phi) is 6.64. The Hall–Kier alpha value is -3.03. The second kappa shape index (κ2) is 9.19. The second-order valence-corrected chi connectivity index (χ2v) is 9.22. The molecule has 0 aliphatic heterocycles. The summed E-state index contributed by atoms with van der Waals surface area (Å²) in [4.78, 5) is 16.0. The van der Waals surface area contributed by atoms with E-state index in [2.05, 4.69) is 4.98 Å². The molecule has 3 rings (SSSR count). The third kappa shape index (κ3) is 4.75. The predicted octanol–water partition coefficient (Wildman–Crippen LogP) is 4.05. The van der Waals surface area contributed by atoms with Gasteiger partial charge in [0, 0.05) is 18.9 Å². The van der Waals surface area contributed by atoms with Crippen LogP contribution in [0.15, 0.2) is 84.0 Å². The zero-order valence-corrected chi connectivity index (χ0v) is 17.7. The molecule has 3 aromatic rings. The molecule has 1 aromatic heterocycles. The number of nitrogens with zero attached hydrogens (tertiary/aromatic N) is 2. The fourth-order valence-corrected chi connectivity index (χ4v) is 5.03. The Bertz CT molecular complexity index is 1080. The van der Waals surface area contributed by atoms with Crippen LogP contribution in [-0.2, 0) is 21.4 Å². The van der Waals surface area contributed by atoms with E-state index in [1.54, 1.807) is 50.5 Å².